The fourth-order valence-electron chi connectivity index (χ4n) is 3.13. The largest absolute Gasteiger partial charge is 0.469 e. The number of esters is 1. The van der Waals surface area contributed by atoms with E-state index in [0.717, 1.165) is 29.9 Å². The van der Waals surface area contributed by atoms with Gasteiger partial charge in [0.05, 0.1) is 13.0 Å². The lowest BCUT2D eigenvalue weighted by atomic mass is 9.93. The van der Waals surface area contributed by atoms with Gasteiger partial charge in [0, 0.05) is 27.7 Å². The Labute approximate surface area is 141 Å². The highest BCUT2D eigenvalue weighted by Crippen LogP contribution is 2.34. The zero-order valence-corrected chi connectivity index (χ0v) is 14.2. The number of nitrogens with one attached hydrogen (secondary N) is 2. The minimum Gasteiger partial charge on any atom is -0.469 e. The van der Waals surface area contributed by atoms with E-state index in [4.69, 9.17) is 16.3 Å². The van der Waals surface area contributed by atoms with E-state index in [2.05, 4.69) is 10.3 Å². The second-order valence-corrected chi connectivity index (χ2v) is 6.06. The summed E-state index contributed by atoms with van der Waals surface area (Å²) in [6.45, 7) is 2.81. The Balaban J connectivity index is 0.00000176. The number of aromatic nitrogens is 1. The number of aromatic amines is 1. The first-order valence-electron chi connectivity index (χ1n) is 7.21. The van der Waals surface area contributed by atoms with Crippen molar-refractivity contribution >= 4 is 40.9 Å². The molecule has 1 aliphatic heterocycles. The van der Waals surface area contributed by atoms with E-state index in [1.165, 1.54) is 23.8 Å². The SMILES string of the molecule is COC(=O)C(C)CC1NCCc2c1[nH]c1ccc(Cl)cc21.Cl. The molecular formula is C16H20Cl2N2O2. The monoisotopic (exact) mass is 342 g/mol. The van der Waals surface area contributed by atoms with Crippen LogP contribution in [-0.2, 0) is 16.0 Å². The van der Waals surface area contributed by atoms with Gasteiger partial charge >= 0.3 is 5.97 Å². The second kappa shape index (κ2) is 6.90. The summed E-state index contributed by atoms with van der Waals surface area (Å²) in [5.74, 6) is -0.295. The molecule has 2 atom stereocenters. The average Bonchev–Trinajstić information content (AvgIpc) is 2.85. The molecule has 0 fully saturated rings. The molecule has 1 aliphatic rings. The molecule has 2 N–H and O–H groups in total. The van der Waals surface area contributed by atoms with Crippen LogP contribution in [0.2, 0.25) is 5.02 Å². The van der Waals surface area contributed by atoms with Crippen molar-refractivity contribution < 1.29 is 9.53 Å². The van der Waals surface area contributed by atoms with E-state index in [1.807, 2.05) is 25.1 Å². The summed E-state index contributed by atoms with van der Waals surface area (Å²) < 4.78 is 4.82. The molecule has 0 bridgehead atoms. The van der Waals surface area contributed by atoms with Gasteiger partial charge in [-0.15, -0.1) is 12.4 Å². The van der Waals surface area contributed by atoms with Gasteiger partial charge in [-0.2, -0.15) is 0 Å². The summed E-state index contributed by atoms with van der Waals surface area (Å²) in [5.41, 5.74) is 3.59. The third kappa shape index (κ3) is 3.09. The summed E-state index contributed by atoms with van der Waals surface area (Å²) in [5, 5.41) is 5.43. The van der Waals surface area contributed by atoms with Crippen LogP contribution in [0.1, 0.15) is 30.6 Å². The number of H-pyrrole nitrogens is 1. The van der Waals surface area contributed by atoms with Crippen molar-refractivity contribution in [3.05, 3.63) is 34.5 Å². The number of halogens is 2. The molecule has 0 saturated carbocycles. The fourth-order valence-corrected chi connectivity index (χ4v) is 3.31. The van der Waals surface area contributed by atoms with Crippen LogP contribution in [0.15, 0.2) is 18.2 Å². The molecule has 120 valence electrons. The van der Waals surface area contributed by atoms with Gasteiger partial charge in [-0.05, 0) is 43.1 Å². The van der Waals surface area contributed by atoms with Crippen molar-refractivity contribution in [2.45, 2.75) is 25.8 Å². The van der Waals surface area contributed by atoms with Gasteiger partial charge in [-0.25, -0.2) is 0 Å². The Morgan fingerprint density at radius 1 is 1.50 bits per heavy atom. The summed E-state index contributed by atoms with van der Waals surface area (Å²) >= 11 is 6.11. The summed E-state index contributed by atoms with van der Waals surface area (Å²) in [6.07, 6.45) is 1.69. The third-order valence-electron chi connectivity index (χ3n) is 4.21. The highest BCUT2D eigenvalue weighted by molar-refractivity contribution is 6.31. The van der Waals surface area contributed by atoms with Crippen LogP contribution in [0.3, 0.4) is 0 Å². The lowest BCUT2D eigenvalue weighted by molar-refractivity contribution is -0.145. The van der Waals surface area contributed by atoms with Crippen molar-refractivity contribution in [3.63, 3.8) is 0 Å². The molecule has 1 aromatic carbocycles. The number of benzene rings is 1. The highest BCUT2D eigenvalue weighted by Gasteiger charge is 2.27. The van der Waals surface area contributed by atoms with Crippen molar-refractivity contribution in [2.24, 2.45) is 5.92 Å². The van der Waals surface area contributed by atoms with E-state index in [-0.39, 0.29) is 30.3 Å². The number of methoxy groups -OCH3 is 1. The topological polar surface area (TPSA) is 54.1 Å². The van der Waals surface area contributed by atoms with Crippen LogP contribution < -0.4 is 5.32 Å². The first-order chi connectivity index (χ1) is 10.1. The Morgan fingerprint density at radius 3 is 3.00 bits per heavy atom. The third-order valence-corrected chi connectivity index (χ3v) is 4.44. The van der Waals surface area contributed by atoms with Gasteiger partial charge in [-0.3, -0.25) is 4.79 Å². The maximum Gasteiger partial charge on any atom is 0.308 e. The van der Waals surface area contributed by atoms with Crippen LogP contribution in [0.4, 0.5) is 0 Å². The number of carbonyl (C=O) groups excluding carboxylic acids is 1. The van der Waals surface area contributed by atoms with Crippen LogP contribution in [0.25, 0.3) is 10.9 Å². The Hall–Kier alpha value is -1.23. The lowest BCUT2D eigenvalue weighted by Crippen LogP contribution is -2.32. The molecule has 2 unspecified atom stereocenters. The molecule has 0 spiro atoms. The van der Waals surface area contributed by atoms with Crippen molar-refractivity contribution in [3.8, 4) is 0 Å². The second-order valence-electron chi connectivity index (χ2n) is 5.62. The van der Waals surface area contributed by atoms with Gasteiger partial charge in [0.1, 0.15) is 0 Å². The molecule has 3 rings (SSSR count). The van der Waals surface area contributed by atoms with Crippen LogP contribution in [0.5, 0.6) is 0 Å². The van der Waals surface area contributed by atoms with Gasteiger partial charge in [-0.1, -0.05) is 18.5 Å². The fraction of sp³-hybridized carbons (Fsp3) is 0.438. The Bertz CT molecular complexity index is 684. The van der Waals surface area contributed by atoms with Crippen molar-refractivity contribution in [2.75, 3.05) is 13.7 Å². The molecule has 0 amide bonds. The number of carbonyl (C=O) groups is 1. The molecule has 2 aromatic rings. The molecule has 0 saturated heterocycles. The standard InChI is InChI=1S/C16H19ClN2O2.ClH/c1-9(16(20)21-2)7-14-15-11(5-6-18-14)12-8-10(17)3-4-13(12)19-15;/h3-4,8-9,14,18-19H,5-7H2,1-2H3;1H. The van der Waals surface area contributed by atoms with Gasteiger partial charge < -0.3 is 15.0 Å². The molecular weight excluding hydrogens is 323 g/mol. The smallest absolute Gasteiger partial charge is 0.308 e. The lowest BCUT2D eigenvalue weighted by Gasteiger charge is -2.26. The molecule has 6 heteroatoms. The zero-order valence-electron chi connectivity index (χ0n) is 12.6. The number of hydrogen-bond acceptors (Lipinski definition) is 3. The average molecular weight is 343 g/mol. The molecule has 22 heavy (non-hydrogen) atoms. The molecule has 2 heterocycles. The van der Waals surface area contributed by atoms with Gasteiger partial charge in [0.25, 0.3) is 0 Å². The maximum atomic E-state index is 11.6. The normalized spacial score (nSPS) is 18.4. The van der Waals surface area contributed by atoms with E-state index in [9.17, 15) is 4.79 Å². The van der Waals surface area contributed by atoms with Crippen molar-refractivity contribution in [1.82, 2.24) is 10.3 Å². The van der Waals surface area contributed by atoms with Crippen LogP contribution in [0, 0.1) is 5.92 Å². The van der Waals surface area contributed by atoms with Crippen molar-refractivity contribution in [1.29, 1.82) is 0 Å². The van der Waals surface area contributed by atoms with Gasteiger partial charge in [0.2, 0.25) is 0 Å². The Kier molecular flexibility index (Phi) is 5.37. The first kappa shape index (κ1) is 17.1. The minimum absolute atomic E-state index is 0. The maximum absolute atomic E-state index is 11.6. The van der Waals surface area contributed by atoms with E-state index >= 15 is 0 Å². The highest BCUT2D eigenvalue weighted by atomic mass is 35.5. The molecule has 1 aromatic heterocycles. The number of ether oxygens (including phenoxy) is 1. The molecule has 4 nitrogen and oxygen atoms in total. The minimum atomic E-state index is -0.164. The van der Waals surface area contributed by atoms with E-state index in [0.29, 0.717) is 0 Å². The molecule has 0 aliphatic carbocycles. The van der Waals surface area contributed by atoms with E-state index in [1.54, 1.807) is 0 Å². The zero-order chi connectivity index (χ0) is 15.0. The molecule has 0 radical (unpaired) electrons. The number of fused-ring (bicyclic) bond motifs is 3. The first-order valence-corrected chi connectivity index (χ1v) is 7.59. The van der Waals surface area contributed by atoms with E-state index < -0.39 is 0 Å². The summed E-state index contributed by atoms with van der Waals surface area (Å²) in [6, 6.07) is 6.06. The predicted molar refractivity (Wildman–Crippen MR) is 90.8 cm³/mol. The summed E-state index contributed by atoms with van der Waals surface area (Å²) in [7, 11) is 1.43. The predicted octanol–water partition coefficient (Wildman–Crippen LogP) is 3.63. The summed E-state index contributed by atoms with van der Waals surface area (Å²) in [4.78, 5) is 15.1. The van der Waals surface area contributed by atoms with Crippen LogP contribution in [-0.4, -0.2) is 24.6 Å². The number of hydrogen-bond donors (Lipinski definition) is 2. The number of rotatable bonds is 3. The quantitative estimate of drug-likeness (QED) is 0.837. The van der Waals surface area contributed by atoms with Gasteiger partial charge in [0.15, 0.2) is 0 Å². The van der Waals surface area contributed by atoms with Crippen LogP contribution >= 0.6 is 24.0 Å². The Morgan fingerprint density at radius 2 is 2.27 bits per heavy atom.